The van der Waals surface area contributed by atoms with E-state index < -0.39 is 0 Å². The van der Waals surface area contributed by atoms with Gasteiger partial charge in [0.15, 0.2) is 0 Å². The van der Waals surface area contributed by atoms with Gasteiger partial charge < -0.3 is 14.9 Å². The van der Waals surface area contributed by atoms with Crippen molar-refractivity contribution >= 4 is 5.97 Å². The fourth-order valence-electron chi connectivity index (χ4n) is 8.07. The van der Waals surface area contributed by atoms with E-state index in [2.05, 4.69) is 27.7 Å². The average molecular weight is 423 g/mol. The van der Waals surface area contributed by atoms with Gasteiger partial charge in [0, 0.05) is 6.42 Å². The van der Waals surface area contributed by atoms with Crippen molar-refractivity contribution in [3.8, 4) is 0 Å². The molecule has 4 unspecified atom stereocenters. The molecule has 30 heavy (non-hydrogen) atoms. The number of carbonyl (C=O) groups is 1. The van der Waals surface area contributed by atoms with Crippen molar-refractivity contribution in [1.82, 2.24) is 0 Å². The van der Waals surface area contributed by atoms with Crippen LogP contribution in [-0.4, -0.2) is 35.5 Å². The number of hydrogen-bond donors (Lipinski definition) is 2. The van der Waals surface area contributed by atoms with Crippen LogP contribution < -0.4 is 0 Å². The molecule has 4 nitrogen and oxygen atoms in total. The Morgan fingerprint density at radius 3 is 2.33 bits per heavy atom. The highest BCUT2D eigenvalue weighted by Crippen LogP contribution is 2.65. The maximum absolute atomic E-state index is 11.7. The van der Waals surface area contributed by atoms with Crippen molar-refractivity contribution in [3.05, 3.63) is 0 Å². The summed E-state index contributed by atoms with van der Waals surface area (Å²) in [7, 11) is 1.47. The normalized spacial score (nSPS) is 43.6. The van der Waals surface area contributed by atoms with Crippen LogP contribution in [0, 0.1) is 40.4 Å². The lowest BCUT2D eigenvalue weighted by Gasteiger charge is -2.56. The fraction of sp³-hybridized carbons (Fsp3) is 0.962. The monoisotopic (exact) mass is 422 g/mol. The second-order valence-corrected chi connectivity index (χ2v) is 11.5. The van der Waals surface area contributed by atoms with E-state index in [0.717, 1.165) is 38.5 Å². The van der Waals surface area contributed by atoms with E-state index in [-0.39, 0.29) is 29.0 Å². The molecule has 0 heterocycles. The van der Waals surface area contributed by atoms with Crippen LogP contribution in [0.25, 0.3) is 0 Å². The van der Waals surface area contributed by atoms with Crippen molar-refractivity contribution in [1.29, 1.82) is 0 Å². The lowest BCUT2D eigenvalue weighted by atomic mass is 9.49. The molecule has 0 amide bonds. The van der Waals surface area contributed by atoms with E-state index in [1.165, 1.54) is 32.8 Å². The Bertz CT molecular complexity index is 582. The zero-order valence-electron chi connectivity index (χ0n) is 20.0. The zero-order valence-corrected chi connectivity index (χ0v) is 20.0. The first-order valence-electron chi connectivity index (χ1n) is 12.6. The van der Waals surface area contributed by atoms with Crippen LogP contribution in [-0.2, 0) is 9.53 Å². The summed E-state index contributed by atoms with van der Waals surface area (Å²) < 4.78 is 4.87. The van der Waals surface area contributed by atoms with Gasteiger partial charge in [0.1, 0.15) is 0 Å². The van der Waals surface area contributed by atoms with Gasteiger partial charge in [0.25, 0.3) is 0 Å². The highest BCUT2D eigenvalue weighted by molar-refractivity contribution is 5.69. The molecule has 4 heteroatoms. The van der Waals surface area contributed by atoms with Crippen LogP contribution >= 0.6 is 0 Å². The molecule has 3 aliphatic carbocycles. The largest absolute Gasteiger partial charge is 0.469 e. The summed E-state index contributed by atoms with van der Waals surface area (Å²) in [6.45, 7) is 9.38. The van der Waals surface area contributed by atoms with Crippen molar-refractivity contribution in [2.75, 3.05) is 7.11 Å². The maximum atomic E-state index is 11.7. The van der Waals surface area contributed by atoms with Gasteiger partial charge in [-0.05, 0) is 105 Å². The number of ether oxygens (including phenoxy) is 1. The highest BCUT2D eigenvalue weighted by atomic mass is 16.5. The second-order valence-electron chi connectivity index (χ2n) is 11.5. The molecule has 0 saturated heterocycles. The zero-order chi connectivity index (χ0) is 22.1. The summed E-state index contributed by atoms with van der Waals surface area (Å²) in [6, 6.07) is 0. The summed E-state index contributed by atoms with van der Waals surface area (Å²) in [6.07, 6.45) is 10.8. The van der Waals surface area contributed by atoms with E-state index in [1.54, 1.807) is 0 Å². The van der Waals surface area contributed by atoms with Gasteiger partial charge in [-0.15, -0.1) is 0 Å². The number of hydrogen-bond acceptors (Lipinski definition) is 4. The number of fused-ring (bicyclic) bond motifs is 1. The Morgan fingerprint density at radius 2 is 1.73 bits per heavy atom. The van der Waals surface area contributed by atoms with Crippen molar-refractivity contribution in [2.24, 2.45) is 40.4 Å². The molecule has 7 atom stereocenters. The van der Waals surface area contributed by atoms with Gasteiger partial charge in [0.05, 0.1) is 19.3 Å². The Hall–Kier alpha value is -0.610. The molecule has 0 aromatic heterocycles. The molecule has 3 saturated carbocycles. The molecule has 174 valence electrons. The standard InChI is InChI=1S/C26H46O4/c1-6-22(28)24-20(25(3)14-11-18(27)12-15-25)13-16-26(4)19(8-9-21(24)26)17(2)7-10-23(29)30-5/h17-22,24,27-28H,6-16H2,1-5H3/t17-,18?,19?,20?,21?,22-,24?,25?,26-/m1/s1. The molecule has 0 bridgehead atoms. The van der Waals surface area contributed by atoms with E-state index in [0.29, 0.717) is 36.0 Å². The lowest BCUT2D eigenvalue weighted by Crippen LogP contribution is -2.52. The van der Waals surface area contributed by atoms with Crippen LogP contribution in [0.3, 0.4) is 0 Å². The Labute approximate surface area is 184 Å². The van der Waals surface area contributed by atoms with Gasteiger partial charge >= 0.3 is 5.97 Å². The van der Waals surface area contributed by atoms with Gasteiger partial charge in [-0.1, -0.05) is 27.7 Å². The Balaban J connectivity index is 1.80. The first kappa shape index (κ1) is 24.0. The minimum atomic E-state index is -0.229. The molecule has 0 aromatic carbocycles. The maximum Gasteiger partial charge on any atom is 0.305 e. The van der Waals surface area contributed by atoms with Crippen LogP contribution in [0.5, 0.6) is 0 Å². The summed E-state index contributed by atoms with van der Waals surface area (Å²) in [4.78, 5) is 11.7. The third kappa shape index (κ3) is 4.46. The predicted octanol–water partition coefficient (Wildman–Crippen LogP) is 5.35. The van der Waals surface area contributed by atoms with Crippen LogP contribution in [0.1, 0.15) is 98.3 Å². The number of esters is 1. The van der Waals surface area contributed by atoms with E-state index >= 15 is 0 Å². The average Bonchev–Trinajstić information content (AvgIpc) is 3.09. The summed E-state index contributed by atoms with van der Waals surface area (Å²) >= 11 is 0. The first-order valence-corrected chi connectivity index (χ1v) is 12.6. The highest BCUT2D eigenvalue weighted by Gasteiger charge is 2.58. The first-order chi connectivity index (χ1) is 14.2. The third-order valence-corrected chi connectivity index (χ3v) is 9.98. The third-order valence-electron chi connectivity index (χ3n) is 9.98. The van der Waals surface area contributed by atoms with Gasteiger partial charge in [-0.3, -0.25) is 4.79 Å². The van der Waals surface area contributed by atoms with Gasteiger partial charge in [0.2, 0.25) is 0 Å². The minimum absolute atomic E-state index is 0.100. The fourth-order valence-corrected chi connectivity index (χ4v) is 8.07. The van der Waals surface area contributed by atoms with Crippen LogP contribution in [0.2, 0.25) is 0 Å². The van der Waals surface area contributed by atoms with Crippen molar-refractivity contribution in [3.63, 3.8) is 0 Å². The van der Waals surface area contributed by atoms with Crippen LogP contribution in [0.4, 0.5) is 0 Å². The van der Waals surface area contributed by atoms with Crippen molar-refractivity contribution in [2.45, 2.75) is 111 Å². The molecular weight excluding hydrogens is 376 g/mol. The Kier molecular flexibility index (Phi) is 7.60. The molecule has 0 radical (unpaired) electrons. The summed E-state index contributed by atoms with van der Waals surface area (Å²) in [5.41, 5.74) is 0.507. The molecule has 0 spiro atoms. The van der Waals surface area contributed by atoms with E-state index in [4.69, 9.17) is 4.74 Å². The molecule has 3 aliphatic rings. The molecule has 2 N–H and O–H groups in total. The summed E-state index contributed by atoms with van der Waals surface area (Å²) in [5.74, 6) is 2.53. The van der Waals surface area contributed by atoms with Gasteiger partial charge in [-0.25, -0.2) is 0 Å². The Morgan fingerprint density at radius 1 is 1.07 bits per heavy atom. The SMILES string of the molecule is CC[C@@H](O)C1C(C2(C)CCC(O)CC2)CC[C@@]2(C)C1CCC2[C@H](C)CCC(=O)OC. The second kappa shape index (κ2) is 9.48. The molecule has 3 rings (SSSR count). The molecule has 0 aliphatic heterocycles. The topological polar surface area (TPSA) is 66.8 Å². The number of aliphatic hydroxyl groups excluding tert-OH is 2. The van der Waals surface area contributed by atoms with E-state index in [9.17, 15) is 15.0 Å². The van der Waals surface area contributed by atoms with E-state index in [1.807, 2.05) is 0 Å². The number of methoxy groups -OCH3 is 1. The van der Waals surface area contributed by atoms with Crippen LogP contribution in [0.15, 0.2) is 0 Å². The summed E-state index contributed by atoms with van der Waals surface area (Å²) in [5, 5.41) is 21.3. The molecule has 0 aromatic rings. The molecular formula is C26H46O4. The van der Waals surface area contributed by atoms with Crippen molar-refractivity contribution < 1.29 is 19.7 Å². The number of rotatable bonds is 7. The predicted molar refractivity (Wildman–Crippen MR) is 120 cm³/mol. The minimum Gasteiger partial charge on any atom is -0.469 e. The number of aliphatic hydroxyl groups is 2. The smallest absolute Gasteiger partial charge is 0.305 e. The molecule has 3 fully saturated rings. The quantitative estimate of drug-likeness (QED) is 0.543. The lowest BCUT2D eigenvalue weighted by molar-refractivity contribution is -0.141. The number of carbonyl (C=O) groups excluding carboxylic acids is 1. The van der Waals surface area contributed by atoms with Gasteiger partial charge in [-0.2, -0.15) is 0 Å².